The third-order valence-electron chi connectivity index (χ3n) is 6.12. The zero-order valence-electron chi connectivity index (χ0n) is 16.4. The second-order valence-corrected chi connectivity index (χ2v) is 8.32. The molecule has 28 heavy (non-hydrogen) atoms. The van der Waals surface area contributed by atoms with Gasteiger partial charge in [0.15, 0.2) is 0 Å². The maximum Gasteiger partial charge on any atom is 0.0854 e. The summed E-state index contributed by atoms with van der Waals surface area (Å²) >= 11 is 0. The van der Waals surface area contributed by atoms with Crippen molar-refractivity contribution >= 4 is 15.7 Å². The summed E-state index contributed by atoms with van der Waals surface area (Å²) in [6.45, 7) is 2.09. The number of rotatable bonds is 5. The number of benzene rings is 2. The van der Waals surface area contributed by atoms with Crippen molar-refractivity contribution in [3.8, 4) is 0 Å². The van der Waals surface area contributed by atoms with E-state index >= 15 is 0 Å². The van der Waals surface area contributed by atoms with Gasteiger partial charge in [0.25, 0.3) is 0 Å². The molecule has 2 N–H and O–H groups in total. The predicted molar refractivity (Wildman–Crippen MR) is 112 cm³/mol. The van der Waals surface area contributed by atoms with Gasteiger partial charge in [-0.1, -0.05) is 54.1 Å². The number of ether oxygens (including phenoxy) is 1. The zero-order valence-corrected chi connectivity index (χ0v) is 16.4. The molecule has 3 atom stereocenters. The maximum atomic E-state index is 10.1. The van der Waals surface area contributed by atoms with Crippen LogP contribution < -0.4 is 0 Å². The number of fused-ring (bicyclic) bond motifs is 1. The summed E-state index contributed by atoms with van der Waals surface area (Å²) in [5.41, 5.74) is 7.08. The van der Waals surface area contributed by atoms with Crippen LogP contribution in [0, 0.1) is 0 Å². The minimum atomic E-state index is -0.702. The molecule has 1 fully saturated rings. The Balaban J connectivity index is 1.60. The fourth-order valence-electron chi connectivity index (χ4n) is 4.52. The van der Waals surface area contributed by atoms with E-state index in [1.54, 1.807) is 0 Å². The van der Waals surface area contributed by atoms with Crippen LogP contribution >= 0.6 is 0 Å². The van der Waals surface area contributed by atoms with Crippen LogP contribution in [0.4, 0.5) is 0 Å². The van der Waals surface area contributed by atoms with E-state index in [0.29, 0.717) is 12.8 Å². The van der Waals surface area contributed by atoms with Gasteiger partial charge in [0.2, 0.25) is 0 Å². The lowest BCUT2D eigenvalue weighted by molar-refractivity contribution is -0.113. The molecule has 1 aliphatic heterocycles. The lowest BCUT2D eigenvalue weighted by atomic mass is 9.42. The molecule has 0 aromatic heterocycles. The molecule has 4 radical (unpaired) electrons. The van der Waals surface area contributed by atoms with Crippen LogP contribution in [0.5, 0.6) is 0 Å². The molecule has 3 unspecified atom stereocenters. The first-order valence-corrected chi connectivity index (χ1v) is 10.2. The molecular weight excluding hydrogens is 346 g/mol. The van der Waals surface area contributed by atoms with Crippen molar-refractivity contribution in [2.75, 3.05) is 6.61 Å². The molecule has 0 saturated carbocycles. The van der Waals surface area contributed by atoms with Crippen LogP contribution in [0.1, 0.15) is 59.3 Å². The largest absolute Gasteiger partial charge is 0.394 e. The van der Waals surface area contributed by atoms with Gasteiger partial charge >= 0.3 is 0 Å². The van der Waals surface area contributed by atoms with E-state index in [-0.39, 0.29) is 18.8 Å². The number of hydrogen-bond acceptors (Lipinski definition) is 3. The summed E-state index contributed by atoms with van der Waals surface area (Å²) in [4.78, 5) is 0. The third-order valence-corrected chi connectivity index (χ3v) is 6.12. The standard InChI is InChI=1S/C23H26B2O3/c1-2-15-5-6-16(22-11-19(27)10-20(13-26)28-22)9-18(15)7-14-3-4-17-12-23(24,25)21(17)8-14/h3-6,8-9,19-20,22,26-27H,2,7,10-13H2,1H3. The summed E-state index contributed by atoms with van der Waals surface area (Å²) in [7, 11) is 12.3. The van der Waals surface area contributed by atoms with Crippen LogP contribution in [-0.4, -0.2) is 44.7 Å². The molecule has 0 spiro atoms. The first-order chi connectivity index (χ1) is 13.4. The minimum Gasteiger partial charge on any atom is -0.394 e. The van der Waals surface area contributed by atoms with Gasteiger partial charge in [0.05, 0.1) is 40.6 Å². The van der Waals surface area contributed by atoms with Gasteiger partial charge in [0.1, 0.15) is 0 Å². The van der Waals surface area contributed by atoms with Gasteiger partial charge in [-0.3, -0.25) is 0 Å². The number of aliphatic hydroxyl groups is 2. The Morgan fingerprint density at radius 1 is 1.11 bits per heavy atom. The third kappa shape index (κ3) is 3.80. The number of hydrogen-bond donors (Lipinski definition) is 2. The summed E-state index contributed by atoms with van der Waals surface area (Å²) < 4.78 is 6.00. The molecule has 1 aliphatic carbocycles. The van der Waals surface area contributed by atoms with Gasteiger partial charge < -0.3 is 14.9 Å². The number of aryl methyl sites for hydroxylation is 1. The molecule has 2 aliphatic rings. The molecule has 3 nitrogen and oxygen atoms in total. The quantitative estimate of drug-likeness (QED) is 0.793. The van der Waals surface area contributed by atoms with E-state index in [4.69, 9.17) is 20.4 Å². The molecule has 2 aromatic carbocycles. The van der Waals surface area contributed by atoms with Gasteiger partial charge in [-0.2, -0.15) is 0 Å². The average Bonchev–Trinajstić information content (AvgIpc) is 2.68. The Bertz CT molecular complexity index is 865. The van der Waals surface area contributed by atoms with Gasteiger partial charge in [-0.05, 0) is 47.1 Å². The van der Waals surface area contributed by atoms with Crippen molar-refractivity contribution in [3.63, 3.8) is 0 Å². The fourth-order valence-corrected chi connectivity index (χ4v) is 4.52. The molecular formula is C23H26B2O3. The van der Waals surface area contributed by atoms with Crippen LogP contribution in [-0.2, 0) is 29.2 Å². The Morgan fingerprint density at radius 3 is 2.64 bits per heavy atom. The summed E-state index contributed by atoms with van der Waals surface area (Å²) in [5.74, 6) is 0. The highest BCUT2D eigenvalue weighted by atomic mass is 16.5. The van der Waals surface area contributed by atoms with E-state index in [1.165, 1.54) is 22.3 Å². The zero-order chi connectivity index (χ0) is 19.9. The Labute approximate surface area is 169 Å². The van der Waals surface area contributed by atoms with E-state index in [9.17, 15) is 10.2 Å². The van der Waals surface area contributed by atoms with Gasteiger partial charge in [-0.15, -0.1) is 0 Å². The van der Waals surface area contributed by atoms with Crippen molar-refractivity contribution in [1.29, 1.82) is 0 Å². The topological polar surface area (TPSA) is 49.7 Å². The second kappa shape index (κ2) is 7.70. The molecule has 5 heteroatoms. The highest BCUT2D eigenvalue weighted by molar-refractivity contribution is 6.41. The molecule has 2 aromatic rings. The van der Waals surface area contributed by atoms with E-state index in [1.807, 2.05) is 0 Å². The summed E-state index contributed by atoms with van der Waals surface area (Å²) in [6.07, 6.45) is 2.59. The van der Waals surface area contributed by atoms with Crippen LogP contribution in [0.25, 0.3) is 0 Å². The molecule has 0 amide bonds. The smallest absolute Gasteiger partial charge is 0.0854 e. The van der Waals surface area contributed by atoms with Crippen molar-refractivity contribution in [1.82, 2.24) is 0 Å². The highest BCUT2D eigenvalue weighted by Crippen LogP contribution is 2.37. The Kier molecular flexibility index (Phi) is 5.43. The molecule has 1 saturated heterocycles. The first kappa shape index (κ1) is 19.8. The molecule has 0 bridgehead atoms. The summed E-state index contributed by atoms with van der Waals surface area (Å²) in [6, 6.07) is 12.8. The Hall–Kier alpha value is -1.55. The van der Waals surface area contributed by atoms with E-state index in [2.05, 4.69) is 43.3 Å². The summed E-state index contributed by atoms with van der Waals surface area (Å²) in [5, 5.41) is 18.9. The number of aliphatic hydroxyl groups excluding tert-OH is 2. The lowest BCUT2D eigenvalue weighted by Crippen LogP contribution is -2.39. The van der Waals surface area contributed by atoms with Gasteiger partial charge in [0, 0.05) is 12.8 Å². The predicted octanol–water partition coefficient (Wildman–Crippen LogP) is 2.46. The first-order valence-electron chi connectivity index (χ1n) is 10.2. The average molecular weight is 372 g/mol. The Morgan fingerprint density at radius 2 is 1.93 bits per heavy atom. The van der Waals surface area contributed by atoms with Gasteiger partial charge in [-0.25, -0.2) is 0 Å². The van der Waals surface area contributed by atoms with Crippen molar-refractivity contribution in [2.45, 2.75) is 62.6 Å². The second-order valence-electron chi connectivity index (χ2n) is 8.32. The van der Waals surface area contributed by atoms with Crippen molar-refractivity contribution in [3.05, 3.63) is 69.8 Å². The molecule has 1 heterocycles. The molecule has 142 valence electrons. The normalized spacial score (nSPS) is 25.8. The minimum absolute atomic E-state index is 0.0670. The maximum absolute atomic E-state index is 10.1. The van der Waals surface area contributed by atoms with E-state index < -0.39 is 11.3 Å². The van der Waals surface area contributed by atoms with Crippen molar-refractivity contribution < 1.29 is 14.9 Å². The SMILES string of the molecule is [B]C1([B])Cc2ccc(Cc3cc(C4CC(O)CC(CO)O4)ccc3CC)cc21. The van der Waals surface area contributed by atoms with Crippen molar-refractivity contribution in [2.24, 2.45) is 0 Å². The lowest BCUT2D eigenvalue weighted by Gasteiger charge is -2.39. The van der Waals surface area contributed by atoms with Crippen LogP contribution in [0.2, 0.25) is 0 Å². The van der Waals surface area contributed by atoms with Crippen LogP contribution in [0.15, 0.2) is 36.4 Å². The monoisotopic (exact) mass is 372 g/mol. The van der Waals surface area contributed by atoms with E-state index in [0.717, 1.165) is 30.4 Å². The fraction of sp³-hybridized carbons (Fsp3) is 0.478. The highest BCUT2D eigenvalue weighted by Gasteiger charge is 2.32. The molecule has 4 rings (SSSR count). The van der Waals surface area contributed by atoms with Crippen LogP contribution in [0.3, 0.4) is 0 Å².